The molecule has 0 aromatic carbocycles. The number of carbonyl (C=O) groups excluding carboxylic acids is 1. The zero-order chi connectivity index (χ0) is 17.0. The van der Waals surface area contributed by atoms with Crippen molar-refractivity contribution in [2.24, 2.45) is 0 Å². The second-order valence-electron chi connectivity index (χ2n) is 5.20. The first-order valence-corrected chi connectivity index (χ1v) is 8.91. The molecule has 132 valence electrons. The zero-order valence-electron chi connectivity index (χ0n) is 15.4. The molecule has 5 heteroatoms. The molecule has 0 aromatic heterocycles. The Bertz CT molecular complexity index is 300. The summed E-state index contributed by atoms with van der Waals surface area (Å²) in [5.41, 5.74) is 0.215. The molecule has 2 unspecified atom stereocenters. The van der Waals surface area contributed by atoms with Gasteiger partial charge in [0.1, 0.15) is 6.61 Å². The predicted octanol–water partition coefficient (Wildman–Crippen LogP) is 3.43. The number of hydrogen-bond donors (Lipinski definition) is 1. The molecule has 2 atom stereocenters. The van der Waals surface area contributed by atoms with Crippen LogP contribution in [0.1, 0.15) is 60.3 Å². The molecule has 0 aromatic rings. The smallest absolute Gasteiger partial charge is 0.406 e. The average molecular weight is 316 g/mol. The molecule has 22 heavy (non-hydrogen) atoms. The van der Waals surface area contributed by atoms with Crippen molar-refractivity contribution < 1.29 is 14.3 Å². The first-order valence-electron chi connectivity index (χ1n) is 8.91. The molecule has 2 saturated heterocycles. The van der Waals surface area contributed by atoms with Gasteiger partial charge in [-0.15, -0.1) is 0 Å². The molecule has 2 aliphatic heterocycles. The van der Waals surface area contributed by atoms with Crippen LogP contribution in [0.3, 0.4) is 0 Å². The van der Waals surface area contributed by atoms with E-state index in [-0.39, 0.29) is 11.6 Å². The number of hydrogen-bond acceptors (Lipinski definition) is 4. The molecule has 5 nitrogen and oxygen atoms in total. The summed E-state index contributed by atoms with van der Waals surface area (Å²) in [6.07, 6.45) is 4.36. The highest BCUT2D eigenvalue weighted by atomic mass is 16.5. The van der Waals surface area contributed by atoms with Crippen LogP contribution in [0.15, 0.2) is 0 Å². The number of amides is 1. The first kappa shape index (κ1) is 21.2. The summed E-state index contributed by atoms with van der Waals surface area (Å²) < 4.78 is 10.9. The van der Waals surface area contributed by atoms with Crippen LogP contribution in [0, 0.1) is 0 Å². The van der Waals surface area contributed by atoms with Gasteiger partial charge in [0.25, 0.3) is 0 Å². The average Bonchev–Trinajstić information content (AvgIpc) is 3.14. The van der Waals surface area contributed by atoms with Gasteiger partial charge in [-0.05, 0) is 39.2 Å². The fourth-order valence-corrected chi connectivity index (χ4v) is 3.33. The van der Waals surface area contributed by atoms with Crippen LogP contribution in [-0.4, -0.2) is 56.0 Å². The van der Waals surface area contributed by atoms with E-state index in [1.54, 1.807) is 7.05 Å². The molecule has 1 N–H and O–H groups in total. The van der Waals surface area contributed by atoms with Gasteiger partial charge in [-0.1, -0.05) is 27.7 Å². The summed E-state index contributed by atoms with van der Waals surface area (Å²) in [7, 11) is 1.59. The maximum absolute atomic E-state index is 11.1. The van der Waals surface area contributed by atoms with Gasteiger partial charge in [0.2, 0.25) is 0 Å². The topological polar surface area (TPSA) is 50.8 Å². The molecule has 2 rings (SSSR count). The van der Waals surface area contributed by atoms with Crippen molar-refractivity contribution in [1.82, 2.24) is 10.2 Å². The number of carbonyl (C=O) groups is 1. The molecular formula is C17H36N2O3. The highest BCUT2D eigenvalue weighted by molar-refractivity contribution is 5.66. The highest BCUT2D eigenvalue weighted by Crippen LogP contribution is 2.42. The molecular weight excluding hydrogens is 280 g/mol. The number of rotatable bonds is 5. The predicted molar refractivity (Wildman–Crippen MR) is 91.3 cm³/mol. The fourth-order valence-electron chi connectivity index (χ4n) is 3.33. The van der Waals surface area contributed by atoms with Crippen LogP contribution in [0.25, 0.3) is 0 Å². The minimum Gasteiger partial charge on any atom is -0.448 e. The maximum atomic E-state index is 11.1. The monoisotopic (exact) mass is 316 g/mol. The zero-order valence-corrected chi connectivity index (χ0v) is 15.4. The summed E-state index contributed by atoms with van der Waals surface area (Å²) in [4.78, 5) is 13.6. The van der Waals surface area contributed by atoms with Crippen molar-refractivity contribution in [3.05, 3.63) is 0 Å². The van der Waals surface area contributed by atoms with Gasteiger partial charge in [-0.25, -0.2) is 4.79 Å². The molecule has 0 bridgehead atoms. The Morgan fingerprint density at radius 2 is 1.95 bits per heavy atom. The van der Waals surface area contributed by atoms with Gasteiger partial charge in [0.05, 0.1) is 6.61 Å². The van der Waals surface area contributed by atoms with E-state index < -0.39 is 0 Å². The van der Waals surface area contributed by atoms with E-state index in [2.05, 4.69) is 10.2 Å². The Morgan fingerprint density at radius 1 is 1.27 bits per heavy atom. The summed E-state index contributed by atoms with van der Waals surface area (Å²) in [6.45, 7) is 13.2. The van der Waals surface area contributed by atoms with E-state index in [1.807, 2.05) is 34.6 Å². The summed E-state index contributed by atoms with van der Waals surface area (Å²) in [6, 6.07) is 0.366. The molecule has 2 aliphatic rings. The van der Waals surface area contributed by atoms with Crippen LogP contribution in [0.4, 0.5) is 4.79 Å². The Kier molecular flexibility index (Phi) is 11.3. The lowest BCUT2D eigenvalue weighted by Gasteiger charge is -2.34. The Balaban J connectivity index is 0.00000102. The molecule has 2 heterocycles. The minimum atomic E-state index is -0.337. The third-order valence-electron chi connectivity index (χ3n) is 4.22. The van der Waals surface area contributed by atoms with Gasteiger partial charge in [-0.3, -0.25) is 4.90 Å². The Hall–Kier alpha value is -0.810. The lowest BCUT2D eigenvalue weighted by Crippen LogP contribution is -2.47. The quantitative estimate of drug-likeness (QED) is 0.844. The van der Waals surface area contributed by atoms with E-state index in [4.69, 9.17) is 9.47 Å². The van der Waals surface area contributed by atoms with Gasteiger partial charge >= 0.3 is 6.09 Å². The Morgan fingerprint density at radius 3 is 2.55 bits per heavy atom. The summed E-state index contributed by atoms with van der Waals surface area (Å²) in [5, 5.41) is 2.49. The van der Waals surface area contributed by atoms with Crippen LogP contribution < -0.4 is 5.32 Å². The normalized spacial score (nSPS) is 26.2. The number of nitrogens with one attached hydrogen (secondary N) is 1. The van der Waals surface area contributed by atoms with E-state index in [0.717, 1.165) is 32.6 Å². The lowest BCUT2D eigenvalue weighted by atomic mass is 9.95. The van der Waals surface area contributed by atoms with Gasteiger partial charge in [0.15, 0.2) is 0 Å². The van der Waals surface area contributed by atoms with E-state index in [1.165, 1.54) is 12.8 Å². The van der Waals surface area contributed by atoms with E-state index >= 15 is 0 Å². The second kappa shape index (κ2) is 11.7. The molecule has 2 fully saturated rings. The van der Waals surface area contributed by atoms with Crippen molar-refractivity contribution in [2.45, 2.75) is 71.9 Å². The maximum Gasteiger partial charge on any atom is 0.406 e. The largest absolute Gasteiger partial charge is 0.448 e. The molecule has 0 saturated carbocycles. The molecule has 1 amide bonds. The summed E-state index contributed by atoms with van der Waals surface area (Å²) in [5.74, 6) is 0. The highest BCUT2D eigenvalue weighted by Gasteiger charge is 2.49. The van der Waals surface area contributed by atoms with Crippen LogP contribution in [0.5, 0.6) is 0 Å². The third kappa shape index (κ3) is 5.43. The van der Waals surface area contributed by atoms with Crippen LogP contribution >= 0.6 is 0 Å². The van der Waals surface area contributed by atoms with Gasteiger partial charge in [0, 0.05) is 25.2 Å². The number of nitrogens with zero attached hydrogens (tertiary/aromatic N) is 1. The molecule has 0 radical (unpaired) electrons. The third-order valence-corrected chi connectivity index (χ3v) is 4.22. The SMILES string of the molecule is CC.CC.CCOCC12CCCN1C(COC(=O)NC)CC2. The standard InChI is InChI=1S/C13H24N2O3.2C2H6/c1-3-17-10-13-6-4-8-15(13)11(5-7-13)9-18-12(16)14-2;2*1-2/h11H,3-10H2,1-2H3,(H,14,16);2*1-2H3. The first-order chi connectivity index (χ1) is 10.7. The van der Waals surface area contributed by atoms with Crippen molar-refractivity contribution in [3.8, 4) is 0 Å². The van der Waals surface area contributed by atoms with Crippen LogP contribution in [-0.2, 0) is 9.47 Å². The molecule has 0 aliphatic carbocycles. The fraction of sp³-hybridized carbons (Fsp3) is 0.941. The van der Waals surface area contributed by atoms with Crippen molar-refractivity contribution in [3.63, 3.8) is 0 Å². The van der Waals surface area contributed by atoms with Gasteiger partial charge in [-0.2, -0.15) is 0 Å². The summed E-state index contributed by atoms with van der Waals surface area (Å²) >= 11 is 0. The minimum absolute atomic E-state index is 0.215. The van der Waals surface area contributed by atoms with Crippen molar-refractivity contribution in [2.75, 3.05) is 33.4 Å². The number of alkyl carbamates (subject to hydrolysis) is 1. The molecule has 0 spiro atoms. The number of fused-ring (bicyclic) bond motifs is 1. The second-order valence-corrected chi connectivity index (χ2v) is 5.20. The van der Waals surface area contributed by atoms with E-state index in [9.17, 15) is 4.79 Å². The van der Waals surface area contributed by atoms with Gasteiger partial charge < -0.3 is 14.8 Å². The van der Waals surface area contributed by atoms with E-state index in [0.29, 0.717) is 12.6 Å². The Labute approximate surface area is 136 Å². The van der Waals surface area contributed by atoms with Crippen molar-refractivity contribution >= 4 is 6.09 Å². The lowest BCUT2D eigenvalue weighted by molar-refractivity contribution is 0.0178. The number of ether oxygens (including phenoxy) is 2. The van der Waals surface area contributed by atoms with Crippen LogP contribution in [0.2, 0.25) is 0 Å². The van der Waals surface area contributed by atoms with Crippen molar-refractivity contribution in [1.29, 1.82) is 0 Å².